The lowest BCUT2D eigenvalue weighted by atomic mass is 9.74. The van der Waals surface area contributed by atoms with Crippen molar-refractivity contribution in [1.29, 1.82) is 0 Å². The fourth-order valence-corrected chi connectivity index (χ4v) is 4.88. The zero-order valence-corrected chi connectivity index (χ0v) is 20.1. The third-order valence-corrected chi connectivity index (χ3v) is 6.50. The Morgan fingerprint density at radius 1 is 1.29 bits per heavy atom. The van der Waals surface area contributed by atoms with E-state index in [2.05, 4.69) is 10.1 Å². The Morgan fingerprint density at radius 3 is 2.56 bits per heavy atom. The molecular formula is C23H32F3N3O5. The minimum atomic E-state index is -4.92. The topological polar surface area (TPSA) is 94.8 Å². The zero-order chi connectivity index (χ0) is 25.5. The van der Waals surface area contributed by atoms with E-state index in [1.807, 2.05) is 13.8 Å². The van der Waals surface area contributed by atoms with Gasteiger partial charge in [0.2, 0.25) is 12.1 Å². The number of alkyl carbamates (subject to hydrolysis) is 1. The molecule has 1 N–H and O–H groups in total. The standard InChI is InChI=1S/C23H32F3N3O5/c1-14(2)22(8-6-16(11-22)27-20(31)34-21(3,4)5)19(30)28-9-7-18-15(12-28)10-17(13-29(18)32)33-23(24,25)26/h10,13-14,16H,6-9,11-12H2,1-5H3,(H,27,31)/t16-,22+/m1/s1. The molecule has 1 aromatic rings. The fourth-order valence-electron chi connectivity index (χ4n) is 4.88. The monoisotopic (exact) mass is 487 g/mol. The number of amides is 2. The smallest absolute Gasteiger partial charge is 0.573 e. The molecule has 11 heteroatoms. The van der Waals surface area contributed by atoms with Crippen LogP contribution in [0.2, 0.25) is 0 Å². The highest BCUT2D eigenvalue weighted by Crippen LogP contribution is 2.46. The number of aromatic nitrogens is 1. The molecule has 2 aliphatic rings. The van der Waals surface area contributed by atoms with Crippen molar-refractivity contribution in [2.75, 3.05) is 6.54 Å². The number of halogens is 3. The lowest BCUT2D eigenvalue weighted by Gasteiger charge is -2.39. The van der Waals surface area contributed by atoms with E-state index in [-0.39, 0.29) is 37.4 Å². The number of fused-ring (bicyclic) bond motifs is 1. The summed E-state index contributed by atoms with van der Waals surface area (Å²) >= 11 is 0. The number of alkyl halides is 3. The molecule has 1 aliphatic carbocycles. The number of rotatable bonds is 4. The van der Waals surface area contributed by atoms with Crippen LogP contribution in [0.1, 0.15) is 65.1 Å². The Balaban J connectivity index is 1.76. The molecule has 0 radical (unpaired) electrons. The van der Waals surface area contributed by atoms with Gasteiger partial charge in [-0.1, -0.05) is 13.8 Å². The summed E-state index contributed by atoms with van der Waals surface area (Å²) in [4.78, 5) is 27.5. The van der Waals surface area contributed by atoms with Crippen LogP contribution >= 0.6 is 0 Å². The van der Waals surface area contributed by atoms with Gasteiger partial charge in [0.25, 0.3) is 0 Å². The van der Waals surface area contributed by atoms with Gasteiger partial charge in [-0.05, 0) is 52.0 Å². The normalized spacial score (nSPS) is 23.0. The van der Waals surface area contributed by atoms with E-state index < -0.39 is 29.2 Å². The van der Waals surface area contributed by atoms with E-state index in [0.717, 1.165) is 6.20 Å². The molecule has 1 aromatic heterocycles. The van der Waals surface area contributed by atoms with Crippen LogP contribution in [0.4, 0.5) is 18.0 Å². The molecule has 1 aliphatic heterocycles. The highest BCUT2D eigenvalue weighted by molar-refractivity contribution is 5.84. The first-order chi connectivity index (χ1) is 15.6. The summed E-state index contributed by atoms with van der Waals surface area (Å²) in [6.45, 7) is 9.52. The van der Waals surface area contributed by atoms with Gasteiger partial charge < -0.3 is 24.9 Å². The van der Waals surface area contributed by atoms with Crippen LogP contribution in [0.3, 0.4) is 0 Å². The molecular weight excluding hydrogens is 455 g/mol. The summed E-state index contributed by atoms with van der Waals surface area (Å²) in [5, 5.41) is 15.1. The molecule has 8 nitrogen and oxygen atoms in total. The highest BCUT2D eigenvalue weighted by atomic mass is 19.4. The van der Waals surface area contributed by atoms with E-state index in [0.29, 0.717) is 35.3 Å². The number of pyridine rings is 1. The Hall–Kier alpha value is -2.72. The predicted molar refractivity (Wildman–Crippen MR) is 115 cm³/mol. The predicted octanol–water partition coefficient (Wildman–Crippen LogP) is 3.82. The summed E-state index contributed by atoms with van der Waals surface area (Å²) in [7, 11) is 0. The van der Waals surface area contributed by atoms with Crippen LogP contribution in [-0.2, 0) is 22.5 Å². The Labute approximate surface area is 197 Å². The van der Waals surface area contributed by atoms with Crippen LogP contribution < -0.4 is 14.8 Å². The largest absolute Gasteiger partial charge is 0.618 e. The second kappa shape index (κ2) is 9.14. The van der Waals surface area contributed by atoms with E-state index in [4.69, 9.17) is 4.74 Å². The maximum atomic E-state index is 13.7. The molecule has 3 rings (SSSR count). The maximum Gasteiger partial charge on any atom is 0.573 e. The number of hydrogen-bond donors (Lipinski definition) is 1. The van der Waals surface area contributed by atoms with Gasteiger partial charge in [0.05, 0.1) is 18.4 Å². The van der Waals surface area contributed by atoms with Gasteiger partial charge in [-0.3, -0.25) is 4.79 Å². The average Bonchev–Trinajstić information content (AvgIpc) is 3.09. The van der Waals surface area contributed by atoms with E-state index in [9.17, 15) is 28.0 Å². The maximum absolute atomic E-state index is 13.7. The number of nitrogens with zero attached hydrogens (tertiary/aromatic N) is 2. The molecule has 190 valence electrons. The van der Waals surface area contributed by atoms with Crippen LogP contribution in [-0.4, -0.2) is 41.5 Å². The number of carbonyl (C=O) groups excluding carboxylic acids is 2. The third kappa shape index (κ3) is 5.85. The fraction of sp³-hybridized carbons (Fsp3) is 0.696. The van der Waals surface area contributed by atoms with Gasteiger partial charge in [-0.25, -0.2) is 4.79 Å². The molecule has 1 saturated carbocycles. The SMILES string of the molecule is CC(C)[C@]1(C(=O)N2CCc3c(cc(OC(F)(F)F)c[n+]3[O-])C2)CC[C@@H](NC(=O)OC(C)(C)C)C1. The van der Waals surface area contributed by atoms with Crippen molar-refractivity contribution in [2.45, 2.75) is 84.9 Å². The number of ether oxygens (including phenoxy) is 2. The Bertz CT molecular complexity index is 945. The summed E-state index contributed by atoms with van der Waals surface area (Å²) in [5.41, 5.74) is -0.711. The van der Waals surface area contributed by atoms with Gasteiger partial charge >= 0.3 is 12.5 Å². The molecule has 0 bridgehead atoms. The molecule has 0 spiro atoms. The molecule has 2 atom stereocenters. The Morgan fingerprint density at radius 2 is 1.97 bits per heavy atom. The first-order valence-corrected chi connectivity index (χ1v) is 11.4. The van der Waals surface area contributed by atoms with Crippen molar-refractivity contribution in [3.8, 4) is 5.75 Å². The van der Waals surface area contributed by atoms with Crippen LogP contribution in [0.5, 0.6) is 5.75 Å². The highest BCUT2D eigenvalue weighted by Gasteiger charge is 2.50. The van der Waals surface area contributed by atoms with Crippen molar-refractivity contribution in [3.63, 3.8) is 0 Å². The summed E-state index contributed by atoms with van der Waals surface area (Å²) < 4.78 is 47.5. The molecule has 2 heterocycles. The number of carbonyl (C=O) groups is 2. The first kappa shape index (κ1) is 25.9. The van der Waals surface area contributed by atoms with Crippen molar-refractivity contribution in [3.05, 3.63) is 28.7 Å². The Kier molecular flexibility index (Phi) is 6.96. The summed E-state index contributed by atoms with van der Waals surface area (Å²) in [6.07, 6.45) is -2.87. The van der Waals surface area contributed by atoms with Crippen LogP contribution in [0, 0.1) is 16.5 Å². The van der Waals surface area contributed by atoms with Crippen molar-refractivity contribution >= 4 is 12.0 Å². The van der Waals surface area contributed by atoms with Gasteiger partial charge in [-0.15, -0.1) is 13.2 Å². The van der Waals surface area contributed by atoms with Crippen molar-refractivity contribution in [1.82, 2.24) is 10.2 Å². The third-order valence-electron chi connectivity index (χ3n) is 6.50. The molecule has 0 aromatic carbocycles. The zero-order valence-electron chi connectivity index (χ0n) is 20.1. The minimum absolute atomic E-state index is 0.0180. The molecule has 2 amide bonds. The van der Waals surface area contributed by atoms with Gasteiger partial charge in [0.1, 0.15) is 5.60 Å². The summed E-state index contributed by atoms with van der Waals surface area (Å²) in [5.74, 6) is -0.769. The summed E-state index contributed by atoms with van der Waals surface area (Å²) in [6, 6.07) is 0.939. The van der Waals surface area contributed by atoms with Crippen LogP contribution in [0.25, 0.3) is 0 Å². The quantitative estimate of drug-likeness (QED) is 0.515. The lowest BCUT2D eigenvalue weighted by Crippen LogP contribution is -2.50. The molecule has 0 unspecified atom stereocenters. The lowest BCUT2D eigenvalue weighted by molar-refractivity contribution is -0.615. The second-order valence-corrected chi connectivity index (χ2v) is 10.4. The van der Waals surface area contributed by atoms with Gasteiger partial charge in [-0.2, -0.15) is 4.73 Å². The van der Waals surface area contributed by atoms with E-state index in [1.165, 1.54) is 6.07 Å². The van der Waals surface area contributed by atoms with E-state index >= 15 is 0 Å². The molecule has 34 heavy (non-hydrogen) atoms. The van der Waals surface area contributed by atoms with Crippen molar-refractivity contribution < 1.29 is 37.0 Å². The minimum Gasteiger partial charge on any atom is -0.618 e. The van der Waals surface area contributed by atoms with Crippen LogP contribution in [0.15, 0.2) is 12.3 Å². The van der Waals surface area contributed by atoms with Crippen molar-refractivity contribution in [2.24, 2.45) is 11.3 Å². The first-order valence-electron chi connectivity index (χ1n) is 11.4. The number of hydrogen-bond acceptors (Lipinski definition) is 5. The molecule has 1 fully saturated rings. The second-order valence-electron chi connectivity index (χ2n) is 10.4. The van der Waals surface area contributed by atoms with Gasteiger partial charge in [0.15, 0.2) is 11.4 Å². The number of nitrogens with one attached hydrogen (secondary N) is 1. The van der Waals surface area contributed by atoms with Gasteiger partial charge in [0, 0.05) is 18.2 Å². The van der Waals surface area contributed by atoms with E-state index in [1.54, 1.807) is 25.7 Å². The average molecular weight is 488 g/mol. The molecule has 0 saturated heterocycles.